The molecule has 0 saturated heterocycles. The summed E-state index contributed by atoms with van der Waals surface area (Å²) in [6, 6.07) is 10.5. The van der Waals surface area contributed by atoms with E-state index in [0.717, 1.165) is 17.9 Å². The predicted octanol–water partition coefficient (Wildman–Crippen LogP) is 3.86. The number of carbonyl (C=O) groups excluding carboxylic acids is 1. The first-order valence-electron chi connectivity index (χ1n) is 7.25. The molecule has 1 unspecified atom stereocenters. The van der Waals surface area contributed by atoms with Crippen LogP contribution < -0.4 is 0 Å². The van der Waals surface area contributed by atoms with Crippen LogP contribution in [0.25, 0.3) is 0 Å². The number of carbonyl (C=O) groups is 1. The maximum Gasteiger partial charge on any atom is 0.355 e. The van der Waals surface area contributed by atoms with Crippen molar-refractivity contribution in [3.8, 4) is 0 Å². The number of rotatable bonds is 4. The van der Waals surface area contributed by atoms with Gasteiger partial charge in [0.25, 0.3) is 0 Å². The van der Waals surface area contributed by atoms with Crippen LogP contribution in [0.1, 0.15) is 34.5 Å². The van der Waals surface area contributed by atoms with Crippen LogP contribution >= 0.6 is 11.8 Å². The summed E-state index contributed by atoms with van der Waals surface area (Å²) in [7, 11) is 0. The minimum Gasteiger partial charge on any atom is -0.461 e. The van der Waals surface area contributed by atoms with Gasteiger partial charge < -0.3 is 9.30 Å². The standard InChI is InChI=1S/C17H19NO2S/c1-3-20-17(19)16-12(2)8-9-18(16)10-13-11-21-15-7-5-4-6-14(13)15/h4-9,13H,3,10-11H2,1-2H3. The second kappa shape index (κ2) is 5.98. The molecule has 3 nitrogen and oxygen atoms in total. The van der Waals surface area contributed by atoms with Gasteiger partial charge in [-0.3, -0.25) is 0 Å². The molecule has 1 atom stereocenters. The third-order valence-electron chi connectivity index (χ3n) is 3.85. The number of hydrogen-bond acceptors (Lipinski definition) is 3. The number of benzene rings is 1. The van der Waals surface area contributed by atoms with Gasteiger partial charge in [-0.05, 0) is 37.1 Å². The van der Waals surface area contributed by atoms with Crippen LogP contribution in [0.15, 0.2) is 41.4 Å². The lowest BCUT2D eigenvalue weighted by Gasteiger charge is -2.15. The van der Waals surface area contributed by atoms with Gasteiger partial charge >= 0.3 is 5.97 Å². The molecule has 110 valence electrons. The Hall–Kier alpha value is -1.68. The highest BCUT2D eigenvalue weighted by atomic mass is 32.2. The fourth-order valence-electron chi connectivity index (χ4n) is 2.83. The topological polar surface area (TPSA) is 31.2 Å². The maximum atomic E-state index is 12.1. The lowest BCUT2D eigenvalue weighted by atomic mass is 10.0. The van der Waals surface area contributed by atoms with Gasteiger partial charge in [0, 0.05) is 29.3 Å². The van der Waals surface area contributed by atoms with Crippen LogP contribution in [0.4, 0.5) is 0 Å². The number of hydrogen-bond donors (Lipinski definition) is 0. The van der Waals surface area contributed by atoms with Gasteiger partial charge in [-0.25, -0.2) is 4.79 Å². The van der Waals surface area contributed by atoms with Crippen LogP contribution in [-0.2, 0) is 11.3 Å². The quantitative estimate of drug-likeness (QED) is 0.804. The van der Waals surface area contributed by atoms with Crippen molar-refractivity contribution in [1.82, 2.24) is 4.57 Å². The van der Waals surface area contributed by atoms with Crippen molar-refractivity contribution in [2.45, 2.75) is 31.2 Å². The maximum absolute atomic E-state index is 12.1. The van der Waals surface area contributed by atoms with E-state index in [1.54, 1.807) is 0 Å². The Balaban J connectivity index is 1.85. The summed E-state index contributed by atoms with van der Waals surface area (Å²) in [4.78, 5) is 13.5. The Labute approximate surface area is 129 Å². The molecule has 0 N–H and O–H groups in total. The first-order valence-corrected chi connectivity index (χ1v) is 8.23. The van der Waals surface area contributed by atoms with Crippen molar-refractivity contribution in [2.75, 3.05) is 12.4 Å². The van der Waals surface area contributed by atoms with Crippen LogP contribution in [0.5, 0.6) is 0 Å². The summed E-state index contributed by atoms with van der Waals surface area (Å²) in [5.74, 6) is 1.30. The van der Waals surface area contributed by atoms with Gasteiger partial charge in [-0.1, -0.05) is 18.2 Å². The molecule has 1 aromatic carbocycles. The summed E-state index contributed by atoms with van der Waals surface area (Å²) in [5.41, 5.74) is 3.06. The molecular weight excluding hydrogens is 282 g/mol. The van der Waals surface area contributed by atoms with Crippen molar-refractivity contribution in [1.29, 1.82) is 0 Å². The smallest absolute Gasteiger partial charge is 0.355 e. The molecule has 0 saturated carbocycles. The van der Waals surface area contributed by atoms with E-state index in [0.29, 0.717) is 18.2 Å². The van der Waals surface area contributed by atoms with Crippen molar-refractivity contribution in [3.05, 3.63) is 53.3 Å². The third kappa shape index (κ3) is 2.72. The molecule has 21 heavy (non-hydrogen) atoms. The van der Waals surface area contributed by atoms with E-state index in [2.05, 4.69) is 24.3 Å². The Morgan fingerprint density at radius 3 is 3.00 bits per heavy atom. The lowest BCUT2D eigenvalue weighted by molar-refractivity contribution is 0.0512. The molecule has 2 heterocycles. The van der Waals surface area contributed by atoms with Crippen molar-refractivity contribution in [2.24, 2.45) is 0 Å². The molecule has 1 aliphatic rings. The van der Waals surface area contributed by atoms with Crippen LogP contribution in [0.3, 0.4) is 0 Å². The Kier molecular flexibility index (Phi) is 4.06. The van der Waals surface area contributed by atoms with Gasteiger partial charge in [0.05, 0.1) is 6.61 Å². The summed E-state index contributed by atoms with van der Waals surface area (Å²) in [6.45, 7) is 5.03. The second-order valence-corrected chi connectivity index (χ2v) is 6.33. The molecule has 2 aromatic rings. The highest BCUT2D eigenvalue weighted by Gasteiger charge is 2.25. The first kappa shape index (κ1) is 14.3. The highest BCUT2D eigenvalue weighted by molar-refractivity contribution is 7.99. The monoisotopic (exact) mass is 301 g/mol. The van der Waals surface area contributed by atoms with Gasteiger partial charge in [0.15, 0.2) is 0 Å². The number of esters is 1. The number of fused-ring (bicyclic) bond motifs is 1. The van der Waals surface area contributed by atoms with E-state index in [4.69, 9.17) is 4.74 Å². The molecule has 0 amide bonds. The van der Waals surface area contributed by atoms with E-state index in [9.17, 15) is 4.79 Å². The number of nitrogens with zero attached hydrogens (tertiary/aromatic N) is 1. The molecule has 1 aliphatic heterocycles. The largest absolute Gasteiger partial charge is 0.461 e. The van der Waals surface area contributed by atoms with Crippen LogP contribution in [0, 0.1) is 6.92 Å². The number of aryl methyl sites for hydroxylation is 1. The third-order valence-corrected chi connectivity index (χ3v) is 5.10. The van der Waals surface area contributed by atoms with Crippen LogP contribution in [0.2, 0.25) is 0 Å². The van der Waals surface area contributed by atoms with Gasteiger partial charge in [0.2, 0.25) is 0 Å². The fraction of sp³-hybridized carbons (Fsp3) is 0.353. The number of thioether (sulfide) groups is 1. The van der Waals surface area contributed by atoms with E-state index >= 15 is 0 Å². The normalized spacial score (nSPS) is 16.8. The molecule has 1 aromatic heterocycles. The lowest BCUT2D eigenvalue weighted by Crippen LogP contribution is -2.16. The van der Waals surface area contributed by atoms with E-state index < -0.39 is 0 Å². The molecule has 0 bridgehead atoms. The SMILES string of the molecule is CCOC(=O)c1c(C)ccn1CC1CSc2ccccc21. The van der Waals surface area contributed by atoms with E-state index in [1.807, 2.05) is 42.4 Å². The zero-order chi connectivity index (χ0) is 14.8. The summed E-state index contributed by atoms with van der Waals surface area (Å²) in [5, 5.41) is 0. The average molecular weight is 301 g/mol. The highest BCUT2D eigenvalue weighted by Crippen LogP contribution is 2.40. The number of ether oxygens (including phenoxy) is 1. The van der Waals surface area contributed by atoms with Crippen molar-refractivity contribution < 1.29 is 9.53 Å². The Bertz CT molecular complexity index is 663. The summed E-state index contributed by atoms with van der Waals surface area (Å²) >= 11 is 1.90. The molecule has 0 radical (unpaired) electrons. The first-order chi connectivity index (χ1) is 10.2. The molecule has 4 heteroatoms. The molecular formula is C17H19NO2S. The summed E-state index contributed by atoms with van der Waals surface area (Å²) in [6.07, 6.45) is 1.99. The van der Waals surface area contributed by atoms with Gasteiger partial charge in [-0.2, -0.15) is 0 Å². The fourth-order valence-corrected chi connectivity index (χ4v) is 4.07. The average Bonchev–Trinajstić information content (AvgIpc) is 3.04. The molecule has 0 fully saturated rings. The van der Waals surface area contributed by atoms with Gasteiger partial charge in [-0.15, -0.1) is 11.8 Å². The second-order valence-electron chi connectivity index (χ2n) is 5.27. The number of aromatic nitrogens is 1. The molecule has 0 spiro atoms. The molecule has 3 rings (SSSR count). The van der Waals surface area contributed by atoms with Gasteiger partial charge in [0.1, 0.15) is 5.69 Å². The van der Waals surface area contributed by atoms with Crippen molar-refractivity contribution in [3.63, 3.8) is 0 Å². The molecule has 0 aliphatic carbocycles. The zero-order valence-electron chi connectivity index (χ0n) is 12.3. The Morgan fingerprint density at radius 2 is 2.19 bits per heavy atom. The van der Waals surface area contributed by atoms with Crippen LogP contribution in [-0.4, -0.2) is 22.9 Å². The van der Waals surface area contributed by atoms with Crippen molar-refractivity contribution >= 4 is 17.7 Å². The van der Waals surface area contributed by atoms with E-state index in [1.165, 1.54) is 10.5 Å². The predicted molar refractivity (Wildman–Crippen MR) is 85.0 cm³/mol. The minimum atomic E-state index is -0.223. The Morgan fingerprint density at radius 1 is 1.38 bits per heavy atom. The summed E-state index contributed by atoms with van der Waals surface area (Å²) < 4.78 is 7.22. The van der Waals surface area contributed by atoms with E-state index in [-0.39, 0.29) is 5.97 Å². The zero-order valence-corrected chi connectivity index (χ0v) is 13.2. The minimum absolute atomic E-state index is 0.223.